The summed E-state index contributed by atoms with van der Waals surface area (Å²) in [5.74, 6) is 4.45. The molecule has 3 saturated carbocycles. The molecule has 1 N–H and O–H groups in total. The smallest absolute Gasteiger partial charge is 0.226 e. The summed E-state index contributed by atoms with van der Waals surface area (Å²) < 4.78 is 5.39. The maximum atomic E-state index is 5.39. The van der Waals surface area contributed by atoms with Gasteiger partial charge >= 0.3 is 0 Å². The second-order valence-electron chi connectivity index (χ2n) is 6.40. The average Bonchev–Trinajstić information content (AvgIpc) is 2.78. The van der Waals surface area contributed by atoms with Crippen molar-refractivity contribution in [2.24, 2.45) is 17.8 Å². The van der Waals surface area contributed by atoms with Gasteiger partial charge in [0.15, 0.2) is 5.82 Å². The molecule has 3 aliphatic carbocycles. The summed E-state index contributed by atoms with van der Waals surface area (Å²) in [6.45, 7) is 0.769. The van der Waals surface area contributed by atoms with Gasteiger partial charge in [-0.3, -0.25) is 0 Å². The molecule has 18 heavy (non-hydrogen) atoms. The Kier molecular flexibility index (Phi) is 2.64. The Labute approximate surface area is 108 Å². The van der Waals surface area contributed by atoms with Crippen LogP contribution in [-0.2, 0) is 13.0 Å². The third-order valence-corrected chi connectivity index (χ3v) is 4.96. The number of nitrogens with zero attached hydrogens (tertiary/aromatic N) is 2. The molecule has 4 nitrogen and oxygen atoms in total. The first kappa shape index (κ1) is 11.0. The zero-order valence-electron chi connectivity index (χ0n) is 10.8. The molecule has 0 amide bonds. The number of fused-ring (bicyclic) bond motifs is 2. The van der Waals surface area contributed by atoms with Crippen molar-refractivity contribution in [1.29, 1.82) is 0 Å². The summed E-state index contributed by atoms with van der Waals surface area (Å²) in [4.78, 5) is 4.52. The highest BCUT2D eigenvalue weighted by atomic mass is 16.5. The van der Waals surface area contributed by atoms with Crippen LogP contribution in [0.5, 0.6) is 0 Å². The summed E-state index contributed by atoms with van der Waals surface area (Å²) in [6, 6.07) is 0.706. The van der Waals surface area contributed by atoms with Crippen LogP contribution in [0.2, 0.25) is 0 Å². The lowest BCUT2D eigenvalue weighted by Crippen LogP contribution is -2.16. The van der Waals surface area contributed by atoms with Crippen molar-refractivity contribution in [2.75, 3.05) is 0 Å². The predicted octanol–water partition coefficient (Wildman–Crippen LogP) is 2.30. The molecule has 3 unspecified atom stereocenters. The molecule has 0 spiro atoms. The highest BCUT2D eigenvalue weighted by molar-refractivity contribution is 4.96. The van der Waals surface area contributed by atoms with Gasteiger partial charge in [0.25, 0.3) is 0 Å². The van der Waals surface area contributed by atoms with E-state index < -0.39 is 0 Å². The van der Waals surface area contributed by atoms with Crippen molar-refractivity contribution in [2.45, 2.75) is 57.5 Å². The second kappa shape index (κ2) is 4.34. The molecule has 4 heteroatoms. The summed E-state index contributed by atoms with van der Waals surface area (Å²) >= 11 is 0. The number of hydrogen-bond acceptors (Lipinski definition) is 4. The van der Waals surface area contributed by atoms with Crippen LogP contribution in [0.15, 0.2) is 4.52 Å². The third kappa shape index (κ3) is 2.18. The Morgan fingerprint density at radius 1 is 1.17 bits per heavy atom. The van der Waals surface area contributed by atoms with Crippen LogP contribution in [0.1, 0.15) is 50.2 Å². The van der Waals surface area contributed by atoms with Gasteiger partial charge in [0.05, 0.1) is 6.54 Å². The van der Waals surface area contributed by atoms with Crippen molar-refractivity contribution in [3.8, 4) is 0 Å². The van der Waals surface area contributed by atoms with Crippen molar-refractivity contribution < 1.29 is 4.52 Å². The molecule has 1 heterocycles. The van der Waals surface area contributed by atoms with Crippen LogP contribution in [0.3, 0.4) is 0 Å². The first-order valence-electron chi connectivity index (χ1n) is 7.41. The summed E-state index contributed by atoms with van der Waals surface area (Å²) in [7, 11) is 0. The van der Waals surface area contributed by atoms with Gasteiger partial charge in [-0.25, -0.2) is 0 Å². The Morgan fingerprint density at radius 3 is 2.83 bits per heavy atom. The molecule has 3 aliphatic rings. The quantitative estimate of drug-likeness (QED) is 0.867. The van der Waals surface area contributed by atoms with E-state index in [2.05, 4.69) is 15.5 Å². The zero-order valence-corrected chi connectivity index (χ0v) is 10.8. The summed E-state index contributed by atoms with van der Waals surface area (Å²) in [6.07, 6.45) is 9.35. The minimum atomic E-state index is 0.706. The van der Waals surface area contributed by atoms with Gasteiger partial charge in [-0.2, -0.15) is 4.98 Å². The van der Waals surface area contributed by atoms with Gasteiger partial charge in [-0.05, 0) is 49.9 Å². The normalized spacial score (nSPS) is 34.3. The lowest BCUT2D eigenvalue weighted by molar-refractivity contribution is 0.287. The van der Waals surface area contributed by atoms with Crippen LogP contribution in [0, 0.1) is 17.8 Å². The molecule has 3 atom stereocenters. The van der Waals surface area contributed by atoms with E-state index in [0.717, 1.165) is 42.4 Å². The maximum absolute atomic E-state index is 5.39. The largest absolute Gasteiger partial charge is 0.339 e. The fourth-order valence-corrected chi connectivity index (χ4v) is 3.82. The monoisotopic (exact) mass is 247 g/mol. The molecule has 98 valence electrons. The third-order valence-electron chi connectivity index (χ3n) is 4.96. The molecule has 0 saturated heterocycles. The molecule has 0 radical (unpaired) electrons. The molecule has 0 aromatic carbocycles. The lowest BCUT2D eigenvalue weighted by atomic mass is 9.86. The first-order valence-corrected chi connectivity index (χ1v) is 7.41. The van der Waals surface area contributed by atoms with Gasteiger partial charge in [0.1, 0.15) is 0 Å². The van der Waals surface area contributed by atoms with E-state index in [-0.39, 0.29) is 0 Å². The highest BCUT2D eigenvalue weighted by Gasteiger charge is 2.40. The van der Waals surface area contributed by atoms with E-state index >= 15 is 0 Å². The van der Waals surface area contributed by atoms with Crippen LogP contribution in [0.25, 0.3) is 0 Å². The molecule has 3 fully saturated rings. The van der Waals surface area contributed by atoms with E-state index in [1.54, 1.807) is 0 Å². The van der Waals surface area contributed by atoms with E-state index in [0.29, 0.717) is 6.04 Å². The summed E-state index contributed by atoms with van der Waals surface area (Å²) in [5, 5.41) is 7.49. The van der Waals surface area contributed by atoms with Gasteiger partial charge < -0.3 is 9.84 Å². The van der Waals surface area contributed by atoms with E-state index in [1.165, 1.54) is 38.5 Å². The minimum Gasteiger partial charge on any atom is -0.339 e. The van der Waals surface area contributed by atoms with Gasteiger partial charge in [-0.15, -0.1) is 0 Å². The fraction of sp³-hybridized carbons (Fsp3) is 0.857. The first-order chi connectivity index (χ1) is 8.87. The van der Waals surface area contributed by atoms with Crippen molar-refractivity contribution in [3.05, 3.63) is 11.7 Å². The molecule has 4 rings (SSSR count). The van der Waals surface area contributed by atoms with Crippen LogP contribution >= 0.6 is 0 Å². The Balaban J connectivity index is 1.33. The van der Waals surface area contributed by atoms with Gasteiger partial charge in [0.2, 0.25) is 5.89 Å². The van der Waals surface area contributed by atoms with E-state index in [9.17, 15) is 0 Å². The Morgan fingerprint density at radius 2 is 2.11 bits per heavy atom. The van der Waals surface area contributed by atoms with Crippen LogP contribution in [-0.4, -0.2) is 16.2 Å². The highest BCUT2D eigenvalue weighted by Crippen LogP contribution is 2.49. The predicted molar refractivity (Wildman–Crippen MR) is 66.8 cm³/mol. The molecule has 2 bridgehead atoms. The minimum absolute atomic E-state index is 0.706. The topological polar surface area (TPSA) is 51.0 Å². The molecule has 0 aliphatic heterocycles. The van der Waals surface area contributed by atoms with E-state index in [1.807, 2.05) is 0 Å². The van der Waals surface area contributed by atoms with Crippen LogP contribution < -0.4 is 5.32 Å². The van der Waals surface area contributed by atoms with Crippen molar-refractivity contribution in [1.82, 2.24) is 15.5 Å². The fourth-order valence-electron chi connectivity index (χ4n) is 3.82. The number of rotatable bonds is 5. The SMILES string of the molecule is C(NC1CC1)c1noc(CC2CC3CCC2C3)n1. The van der Waals surface area contributed by atoms with Crippen molar-refractivity contribution >= 4 is 0 Å². The van der Waals surface area contributed by atoms with Gasteiger partial charge in [0, 0.05) is 12.5 Å². The standard InChI is InChI=1S/C14H21N3O/c1-2-10-5-9(1)6-11(10)7-14-16-13(17-18-14)8-15-12-3-4-12/h9-12,15H,1-8H2. The number of hydrogen-bond donors (Lipinski definition) is 1. The van der Waals surface area contributed by atoms with E-state index in [4.69, 9.17) is 4.52 Å². The second-order valence-corrected chi connectivity index (χ2v) is 6.40. The van der Waals surface area contributed by atoms with Crippen LogP contribution in [0.4, 0.5) is 0 Å². The Hall–Kier alpha value is -0.900. The molecular formula is C14H21N3O. The molecule has 1 aromatic heterocycles. The lowest BCUT2D eigenvalue weighted by Gasteiger charge is -2.19. The van der Waals surface area contributed by atoms with Gasteiger partial charge in [-0.1, -0.05) is 11.6 Å². The number of aromatic nitrogens is 2. The average molecular weight is 247 g/mol. The number of nitrogens with one attached hydrogen (secondary N) is 1. The summed E-state index contributed by atoms with van der Waals surface area (Å²) in [5.41, 5.74) is 0. The van der Waals surface area contributed by atoms with Crippen molar-refractivity contribution in [3.63, 3.8) is 0 Å². The maximum Gasteiger partial charge on any atom is 0.226 e. The Bertz CT molecular complexity index is 426. The zero-order chi connectivity index (χ0) is 11.9. The molecule has 1 aromatic rings. The molecular weight excluding hydrogens is 226 g/mol.